The molecule has 1 aliphatic rings. The highest BCUT2D eigenvalue weighted by Crippen LogP contribution is 2.34. The van der Waals surface area contributed by atoms with Crippen LogP contribution in [-0.2, 0) is 6.54 Å². The van der Waals surface area contributed by atoms with Gasteiger partial charge in [-0.25, -0.2) is 4.99 Å². The van der Waals surface area contributed by atoms with Gasteiger partial charge in [-0.15, -0.1) is 12.4 Å². The van der Waals surface area contributed by atoms with Crippen molar-refractivity contribution in [3.63, 3.8) is 0 Å². The Hall–Kier alpha value is -2.35. The summed E-state index contributed by atoms with van der Waals surface area (Å²) < 4.78 is 10.5. The van der Waals surface area contributed by atoms with E-state index in [0.717, 1.165) is 5.56 Å². The Balaban J connectivity index is 0.00000243. The van der Waals surface area contributed by atoms with Crippen LogP contribution in [0.15, 0.2) is 46.4 Å². The van der Waals surface area contributed by atoms with Gasteiger partial charge in [0.15, 0.2) is 11.5 Å². The number of guanidine groups is 2. The molecule has 0 saturated heterocycles. The van der Waals surface area contributed by atoms with E-state index in [-0.39, 0.29) is 31.1 Å². The van der Waals surface area contributed by atoms with Gasteiger partial charge in [0.2, 0.25) is 18.7 Å². The monoisotopic (exact) mass is 415 g/mol. The van der Waals surface area contributed by atoms with Gasteiger partial charge in [0.05, 0.1) is 16.6 Å². The molecule has 138 valence electrons. The number of nitrogens with zero attached hydrogens (tertiary/aromatic N) is 2. The second-order valence-electron chi connectivity index (χ2n) is 5.11. The number of anilines is 1. The van der Waals surface area contributed by atoms with Crippen LogP contribution in [0.4, 0.5) is 5.69 Å². The third-order valence-electron chi connectivity index (χ3n) is 3.29. The molecule has 2 aromatic carbocycles. The topological polar surface area (TPSA) is 107 Å². The molecule has 0 bridgehead atoms. The number of nitrogens with one attached hydrogen (secondary N) is 1. The van der Waals surface area contributed by atoms with Crippen molar-refractivity contribution in [1.82, 2.24) is 0 Å². The molecule has 7 nitrogen and oxygen atoms in total. The van der Waals surface area contributed by atoms with Gasteiger partial charge in [-0.3, -0.25) is 0 Å². The molecule has 0 saturated carbocycles. The average molecular weight is 417 g/mol. The normalized spacial score (nSPS) is 13.3. The molecule has 1 heterocycles. The quantitative estimate of drug-likeness (QED) is 0.525. The first kappa shape index (κ1) is 20.0. The Morgan fingerprint density at radius 1 is 1.04 bits per heavy atom. The van der Waals surface area contributed by atoms with Gasteiger partial charge < -0.3 is 26.3 Å². The fraction of sp³-hybridized carbons (Fsp3) is 0.125. The summed E-state index contributed by atoms with van der Waals surface area (Å²) in [5, 5.41) is 3.85. The van der Waals surface area contributed by atoms with Crippen LogP contribution in [0, 0.1) is 0 Å². The Morgan fingerprint density at radius 3 is 2.58 bits per heavy atom. The highest BCUT2D eigenvalue weighted by Gasteiger charge is 2.13. The molecular formula is C16H16Cl3N5O2. The van der Waals surface area contributed by atoms with Crippen LogP contribution in [-0.4, -0.2) is 18.7 Å². The Morgan fingerprint density at radius 2 is 1.81 bits per heavy atom. The van der Waals surface area contributed by atoms with Crippen molar-refractivity contribution in [2.24, 2.45) is 21.5 Å². The SMILES string of the molecule is Cl.NC(=NCc1ccc(Cl)c(Cl)c1)/N=C(\N)Nc1ccc2c(c1)OCO2. The Labute approximate surface area is 166 Å². The first-order valence-electron chi connectivity index (χ1n) is 7.26. The summed E-state index contributed by atoms with van der Waals surface area (Å²) >= 11 is 11.8. The summed E-state index contributed by atoms with van der Waals surface area (Å²) in [5.74, 6) is 1.47. The zero-order chi connectivity index (χ0) is 17.8. The van der Waals surface area contributed by atoms with Crippen molar-refractivity contribution >= 4 is 53.2 Å². The van der Waals surface area contributed by atoms with Crippen LogP contribution in [0.25, 0.3) is 0 Å². The van der Waals surface area contributed by atoms with Crippen LogP contribution in [0.5, 0.6) is 11.5 Å². The number of aliphatic imine (C=N–C) groups is 2. The summed E-state index contributed by atoms with van der Waals surface area (Å²) in [6.45, 7) is 0.514. The first-order valence-corrected chi connectivity index (χ1v) is 8.01. The van der Waals surface area contributed by atoms with Gasteiger partial charge in [-0.1, -0.05) is 29.3 Å². The lowest BCUT2D eigenvalue weighted by molar-refractivity contribution is 0.174. The minimum absolute atomic E-state index is 0. The minimum atomic E-state index is 0. The maximum absolute atomic E-state index is 5.96. The van der Waals surface area contributed by atoms with E-state index in [1.165, 1.54) is 0 Å². The minimum Gasteiger partial charge on any atom is -0.454 e. The molecule has 0 amide bonds. The Kier molecular flexibility index (Phi) is 6.79. The molecule has 0 unspecified atom stereocenters. The van der Waals surface area contributed by atoms with Crippen molar-refractivity contribution in [3.05, 3.63) is 52.0 Å². The molecule has 0 aromatic heterocycles. The summed E-state index contributed by atoms with van der Waals surface area (Å²) in [4.78, 5) is 8.15. The number of rotatable bonds is 3. The second kappa shape index (κ2) is 8.84. The predicted molar refractivity (Wildman–Crippen MR) is 107 cm³/mol. The number of fused-ring (bicyclic) bond motifs is 1. The molecule has 0 aliphatic carbocycles. The highest BCUT2D eigenvalue weighted by atomic mass is 35.5. The fourth-order valence-corrected chi connectivity index (χ4v) is 2.44. The van der Waals surface area contributed by atoms with Crippen LogP contribution >= 0.6 is 35.6 Å². The number of hydrogen-bond acceptors (Lipinski definition) is 3. The van der Waals surface area contributed by atoms with Gasteiger partial charge in [0, 0.05) is 11.8 Å². The zero-order valence-electron chi connectivity index (χ0n) is 13.4. The van der Waals surface area contributed by atoms with Gasteiger partial charge in [-0.2, -0.15) is 4.99 Å². The molecule has 3 rings (SSSR count). The number of halogens is 3. The molecule has 0 atom stereocenters. The van der Waals surface area contributed by atoms with Crippen LogP contribution in [0.3, 0.4) is 0 Å². The number of hydrogen-bond donors (Lipinski definition) is 3. The molecule has 26 heavy (non-hydrogen) atoms. The van der Waals surface area contributed by atoms with Crippen molar-refractivity contribution in [2.75, 3.05) is 12.1 Å². The largest absolute Gasteiger partial charge is 0.454 e. The molecule has 5 N–H and O–H groups in total. The van der Waals surface area contributed by atoms with E-state index in [0.29, 0.717) is 33.8 Å². The van der Waals surface area contributed by atoms with E-state index in [9.17, 15) is 0 Å². The molecule has 0 fully saturated rings. The van der Waals surface area contributed by atoms with Gasteiger partial charge in [-0.05, 0) is 29.8 Å². The van der Waals surface area contributed by atoms with Crippen molar-refractivity contribution in [1.29, 1.82) is 0 Å². The van der Waals surface area contributed by atoms with E-state index >= 15 is 0 Å². The maximum Gasteiger partial charge on any atom is 0.231 e. The summed E-state index contributed by atoms with van der Waals surface area (Å²) in [6.07, 6.45) is 0. The first-order chi connectivity index (χ1) is 12.0. The summed E-state index contributed by atoms with van der Waals surface area (Å²) in [5.41, 5.74) is 13.2. The average Bonchev–Trinajstić information content (AvgIpc) is 3.03. The van der Waals surface area contributed by atoms with Crippen molar-refractivity contribution in [2.45, 2.75) is 6.54 Å². The number of nitrogens with two attached hydrogens (primary N) is 2. The van der Waals surface area contributed by atoms with E-state index < -0.39 is 0 Å². The van der Waals surface area contributed by atoms with Crippen molar-refractivity contribution < 1.29 is 9.47 Å². The maximum atomic E-state index is 5.96. The lowest BCUT2D eigenvalue weighted by Gasteiger charge is -2.06. The molecule has 2 aromatic rings. The molecule has 1 aliphatic heterocycles. The van der Waals surface area contributed by atoms with Crippen LogP contribution in [0.2, 0.25) is 10.0 Å². The van der Waals surface area contributed by atoms with Gasteiger partial charge in [0.25, 0.3) is 0 Å². The van der Waals surface area contributed by atoms with E-state index in [1.54, 1.807) is 30.3 Å². The van der Waals surface area contributed by atoms with E-state index in [1.807, 2.05) is 6.07 Å². The molecule has 0 spiro atoms. The van der Waals surface area contributed by atoms with Gasteiger partial charge in [0.1, 0.15) is 0 Å². The van der Waals surface area contributed by atoms with Gasteiger partial charge >= 0.3 is 0 Å². The molecular weight excluding hydrogens is 401 g/mol. The lowest BCUT2D eigenvalue weighted by Crippen LogP contribution is -2.26. The number of ether oxygens (including phenoxy) is 2. The molecule has 0 radical (unpaired) electrons. The standard InChI is InChI=1S/C16H15Cl2N5O2.ClH/c17-11-3-1-9(5-12(11)18)7-21-15(19)23-16(20)22-10-2-4-13-14(6-10)25-8-24-13;/h1-6H,7-8H2,(H5,19,20,21,22,23);1H. The summed E-state index contributed by atoms with van der Waals surface area (Å²) in [7, 11) is 0. The second-order valence-corrected chi connectivity index (χ2v) is 5.93. The van der Waals surface area contributed by atoms with Crippen LogP contribution < -0.4 is 26.3 Å². The van der Waals surface area contributed by atoms with E-state index in [2.05, 4.69) is 15.3 Å². The van der Waals surface area contributed by atoms with Crippen molar-refractivity contribution in [3.8, 4) is 11.5 Å². The predicted octanol–water partition coefficient (Wildman–Crippen LogP) is 3.39. The molecule has 10 heteroatoms. The zero-order valence-corrected chi connectivity index (χ0v) is 15.7. The third kappa shape index (κ3) is 5.08. The lowest BCUT2D eigenvalue weighted by atomic mass is 10.2. The fourth-order valence-electron chi connectivity index (χ4n) is 2.12. The number of benzene rings is 2. The highest BCUT2D eigenvalue weighted by molar-refractivity contribution is 6.42. The smallest absolute Gasteiger partial charge is 0.231 e. The van der Waals surface area contributed by atoms with Crippen LogP contribution in [0.1, 0.15) is 5.56 Å². The summed E-state index contributed by atoms with van der Waals surface area (Å²) in [6, 6.07) is 10.6. The third-order valence-corrected chi connectivity index (χ3v) is 4.03. The Bertz CT molecular complexity index is 858. The van der Waals surface area contributed by atoms with E-state index in [4.69, 9.17) is 44.1 Å².